The van der Waals surface area contributed by atoms with Gasteiger partial charge in [-0.3, -0.25) is 4.79 Å². The molecule has 4 heteroatoms. The Bertz CT molecular complexity index is 1330. The molecule has 1 heterocycles. The molecule has 0 unspecified atom stereocenters. The first-order valence-corrected chi connectivity index (χ1v) is 11.9. The second-order valence-electron chi connectivity index (χ2n) is 10.7. The molecule has 0 spiro atoms. The fourth-order valence-electron chi connectivity index (χ4n) is 4.84. The molecule has 0 bridgehead atoms. The van der Waals surface area contributed by atoms with Crippen molar-refractivity contribution in [2.75, 3.05) is 11.1 Å². The van der Waals surface area contributed by atoms with Crippen LogP contribution in [0.2, 0.25) is 0 Å². The Morgan fingerprint density at radius 3 is 2.29 bits per heavy atom. The molecule has 4 nitrogen and oxygen atoms in total. The molecule has 34 heavy (non-hydrogen) atoms. The van der Waals surface area contributed by atoms with Gasteiger partial charge < -0.3 is 16.0 Å². The SMILES string of the molecule is Cc1ccc2cc(-c3ccc4c(c3)C(C)(C)CCC4(C)C)[nH]c2c1.Nc1ccccc1NC=O. The maximum atomic E-state index is 9.96. The highest BCUT2D eigenvalue weighted by Crippen LogP contribution is 2.46. The molecule has 1 aliphatic carbocycles. The maximum absolute atomic E-state index is 9.96. The zero-order valence-corrected chi connectivity index (χ0v) is 20.8. The Labute approximate surface area is 202 Å². The fourth-order valence-corrected chi connectivity index (χ4v) is 4.84. The largest absolute Gasteiger partial charge is 0.397 e. The van der Waals surface area contributed by atoms with E-state index in [4.69, 9.17) is 5.73 Å². The molecule has 5 rings (SSSR count). The average molecular weight is 454 g/mol. The molecular weight excluding hydrogens is 418 g/mol. The van der Waals surface area contributed by atoms with E-state index in [1.54, 1.807) is 12.1 Å². The predicted molar refractivity (Wildman–Crippen MR) is 144 cm³/mol. The summed E-state index contributed by atoms with van der Waals surface area (Å²) in [6.45, 7) is 11.7. The van der Waals surface area contributed by atoms with Crippen molar-refractivity contribution in [3.63, 3.8) is 0 Å². The third kappa shape index (κ3) is 4.72. The second-order valence-corrected chi connectivity index (χ2v) is 10.7. The number of aromatic nitrogens is 1. The van der Waals surface area contributed by atoms with E-state index in [0.717, 1.165) is 0 Å². The van der Waals surface area contributed by atoms with Gasteiger partial charge >= 0.3 is 0 Å². The Morgan fingerprint density at radius 2 is 1.59 bits per heavy atom. The summed E-state index contributed by atoms with van der Waals surface area (Å²) in [4.78, 5) is 13.6. The van der Waals surface area contributed by atoms with Crippen molar-refractivity contribution in [2.45, 2.75) is 58.3 Å². The first-order chi connectivity index (χ1) is 16.1. The number of anilines is 2. The molecule has 1 aliphatic rings. The standard InChI is InChI=1S/C23H27N.C7H8N2O/c1-15-6-7-17-14-21(24-20(17)12-15)16-8-9-18-19(13-16)23(4,5)11-10-22(18,2)3;8-6-3-1-2-4-7(6)9-5-10/h6-9,12-14,24H,10-11H2,1-5H3;1-5H,8H2,(H,9,10). The smallest absolute Gasteiger partial charge is 0.211 e. The number of benzene rings is 3. The predicted octanol–water partition coefficient (Wildman–Crippen LogP) is 7.33. The van der Waals surface area contributed by atoms with Gasteiger partial charge in [0, 0.05) is 16.6 Å². The van der Waals surface area contributed by atoms with E-state index in [9.17, 15) is 4.79 Å². The summed E-state index contributed by atoms with van der Waals surface area (Å²) in [5, 5.41) is 3.76. The molecule has 0 radical (unpaired) electrons. The highest BCUT2D eigenvalue weighted by Gasteiger charge is 2.37. The summed E-state index contributed by atoms with van der Waals surface area (Å²) in [6, 6.07) is 23.1. The molecule has 1 aromatic heterocycles. The molecule has 0 saturated carbocycles. The summed E-state index contributed by atoms with van der Waals surface area (Å²) in [5.41, 5.74) is 15.3. The highest BCUT2D eigenvalue weighted by atomic mass is 16.1. The Balaban J connectivity index is 0.000000231. The number of nitrogens with two attached hydrogens (primary N) is 1. The lowest BCUT2D eigenvalue weighted by Gasteiger charge is -2.42. The lowest BCUT2D eigenvalue weighted by Crippen LogP contribution is -2.33. The van der Waals surface area contributed by atoms with Crippen LogP contribution in [0.3, 0.4) is 0 Å². The maximum Gasteiger partial charge on any atom is 0.211 e. The summed E-state index contributed by atoms with van der Waals surface area (Å²) >= 11 is 0. The van der Waals surface area contributed by atoms with Crippen molar-refractivity contribution in [1.29, 1.82) is 0 Å². The van der Waals surface area contributed by atoms with Crippen LogP contribution in [0, 0.1) is 6.92 Å². The molecule has 4 N–H and O–H groups in total. The molecule has 3 aromatic carbocycles. The summed E-state index contributed by atoms with van der Waals surface area (Å²) in [7, 11) is 0. The topological polar surface area (TPSA) is 70.9 Å². The van der Waals surface area contributed by atoms with Crippen LogP contribution in [0.4, 0.5) is 11.4 Å². The molecule has 1 amide bonds. The number of hydrogen-bond donors (Lipinski definition) is 3. The quantitative estimate of drug-likeness (QED) is 0.224. The van der Waals surface area contributed by atoms with Crippen molar-refractivity contribution in [2.24, 2.45) is 0 Å². The molecule has 4 aromatic rings. The Hall–Kier alpha value is -3.53. The monoisotopic (exact) mass is 453 g/mol. The van der Waals surface area contributed by atoms with Crippen LogP contribution in [-0.2, 0) is 15.6 Å². The highest BCUT2D eigenvalue weighted by molar-refractivity contribution is 5.86. The van der Waals surface area contributed by atoms with Crippen molar-refractivity contribution in [3.05, 3.63) is 83.4 Å². The van der Waals surface area contributed by atoms with Gasteiger partial charge in [0.1, 0.15) is 0 Å². The van der Waals surface area contributed by atoms with E-state index in [2.05, 4.69) is 87.4 Å². The summed E-state index contributed by atoms with van der Waals surface area (Å²) in [6.07, 6.45) is 3.12. The van der Waals surface area contributed by atoms with Gasteiger partial charge in [0.25, 0.3) is 0 Å². The number of amides is 1. The van der Waals surface area contributed by atoms with Gasteiger partial charge in [-0.15, -0.1) is 0 Å². The van der Waals surface area contributed by atoms with Crippen molar-refractivity contribution >= 4 is 28.7 Å². The number of carbonyl (C=O) groups is 1. The molecule has 0 aliphatic heterocycles. The van der Waals surface area contributed by atoms with Crippen LogP contribution in [-0.4, -0.2) is 11.4 Å². The third-order valence-corrected chi connectivity index (χ3v) is 7.12. The minimum Gasteiger partial charge on any atom is -0.397 e. The normalized spacial score (nSPS) is 15.7. The van der Waals surface area contributed by atoms with Crippen molar-refractivity contribution < 1.29 is 4.79 Å². The number of fused-ring (bicyclic) bond motifs is 2. The van der Waals surface area contributed by atoms with Crippen molar-refractivity contribution in [1.82, 2.24) is 4.98 Å². The van der Waals surface area contributed by atoms with E-state index < -0.39 is 0 Å². The van der Waals surface area contributed by atoms with Crippen LogP contribution in [0.15, 0.2) is 66.7 Å². The number of rotatable bonds is 3. The van der Waals surface area contributed by atoms with Gasteiger partial charge in [-0.2, -0.15) is 0 Å². The average Bonchev–Trinajstić information content (AvgIpc) is 3.22. The summed E-state index contributed by atoms with van der Waals surface area (Å²) < 4.78 is 0. The summed E-state index contributed by atoms with van der Waals surface area (Å²) in [5.74, 6) is 0. The molecule has 0 atom stereocenters. The van der Waals surface area contributed by atoms with Crippen LogP contribution in [0.1, 0.15) is 57.2 Å². The lowest BCUT2D eigenvalue weighted by atomic mass is 9.63. The van der Waals surface area contributed by atoms with Crippen molar-refractivity contribution in [3.8, 4) is 11.3 Å². The van der Waals surface area contributed by atoms with Gasteiger partial charge in [0.05, 0.1) is 11.4 Å². The zero-order valence-electron chi connectivity index (χ0n) is 20.8. The number of H-pyrrole nitrogens is 1. The molecule has 0 fully saturated rings. The van der Waals surface area contributed by atoms with E-state index in [1.165, 1.54) is 51.7 Å². The van der Waals surface area contributed by atoms with Crippen LogP contribution in [0.5, 0.6) is 0 Å². The van der Waals surface area contributed by atoms with E-state index >= 15 is 0 Å². The Kier molecular flexibility index (Phi) is 6.26. The van der Waals surface area contributed by atoms with Crippen LogP contribution >= 0.6 is 0 Å². The lowest BCUT2D eigenvalue weighted by molar-refractivity contribution is -0.105. The van der Waals surface area contributed by atoms with Crippen LogP contribution < -0.4 is 11.1 Å². The number of aryl methyl sites for hydroxylation is 1. The molecular formula is C30H35N3O. The minimum atomic E-state index is 0.253. The van der Waals surface area contributed by atoms with E-state index in [-0.39, 0.29) is 10.8 Å². The number of hydrogen-bond acceptors (Lipinski definition) is 2. The Morgan fingerprint density at radius 1 is 0.882 bits per heavy atom. The number of nitrogen functional groups attached to an aromatic ring is 1. The van der Waals surface area contributed by atoms with Gasteiger partial charge in [0.2, 0.25) is 6.41 Å². The second kappa shape index (κ2) is 9.02. The number of para-hydroxylation sites is 2. The van der Waals surface area contributed by atoms with Crippen LogP contribution in [0.25, 0.3) is 22.2 Å². The number of nitrogens with one attached hydrogen (secondary N) is 2. The third-order valence-electron chi connectivity index (χ3n) is 7.12. The number of aromatic amines is 1. The fraction of sp³-hybridized carbons (Fsp3) is 0.300. The first kappa shape index (κ1) is 23.6. The van der Waals surface area contributed by atoms with Gasteiger partial charge in [-0.05, 0) is 83.2 Å². The molecule has 0 saturated heterocycles. The van der Waals surface area contributed by atoms with Gasteiger partial charge in [0.15, 0.2) is 0 Å². The van der Waals surface area contributed by atoms with Gasteiger partial charge in [-0.25, -0.2) is 0 Å². The van der Waals surface area contributed by atoms with E-state index in [1.807, 2.05) is 12.1 Å². The van der Waals surface area contributed by atoms with Gasteiger partial charge in [-0.1, -0.05) is 64.1 Å². The minimum absolute atomic E-state index is 0.253. The number of carbonyl (C=O) groups excluding carboxylic acids is 1. The van der Waals surface area contributed by atoms with E-state index in [0.29, 0.717) is 17.8 Å². The molecule has 176 valence electrons. The zero-order chi connectivity index (χ0) is 24.5. The first-order valence-electron chi connectivity index (χ1n) is 11.9.